The largest absolute Gasteiger partial charge is 0.388 e. The van der Waals surface area contributed by atoms with Gasteiger partial charge in [-0.15, -0.1) is 0 Å². The van der Waals surface area contributed by atoms with Crippen LogP contribution in [0.5, 0.6) is 0 Å². The highest BCUT2D eigenvalue weighted by atomic mass is 16.3. The zero-order valence-corrected chi connectivity index (χ0v) is 10.6. The SMILES string of the molecule is CC(C)Cn1ncnc1CC(O)c1ccnnc1. The van der Waals surface area contributed by atoms with Crippen molar-refractivity contribution in [2.75, 3.05) is 0 Å². The van der Waals surface area contributed by atoms with Gasteiger partial charge >= 0.3 is 0 Å². The van der Waals surface area contributed by atoms with Crippen LogP contribution < -0.4 is 0 Å². The quantitative estimate of drug-likeness (QED) is 0.853. The highest BCUT2D eigenvalue weighted by Crippen LogP contribution is 2.15. The molecule has 0 aliphatic rings. The molecule has 1 atom stereocenters. The van der Waals surface area contributed by atoms with Gasteiger partial charge in [-0.05, 0) is 12.0 Å². The van der Waals surface area contributed by atoms with Gasteiger partial charge in [-0.1, -0.05) is 13.8 Å². The molecule has 0 saturated carbocycles. The summed E-state index contributed by atoms with van der Waals surface area (Å²) in [4.78, 5) is 4.19. The molecule has 18 heavy (non-hydrogen) atoms. The van der Waals surface area contributed by atoms with Crippen LogP contribution in [0.1, 0.15) is 31.3 Å². The second kappa shape index (κ2) is 5.68. The summed E-state index contributed by atoms with van der Waals surface area (Å²) in [5.41, 5.74) is 0.740. The number of hydrogen-bond acceptors (Lipinski definition) is 5. The Bertz CT molecular complexity index is 482. The summed E-state index contributed by atoms with van der Waals surface area (Å²) in [5.74, 6) is 1.28. The van der Waals surface area contributed by atoms with E-state index in [2.05, 4.69) is 34.1 Å². The fraction of sp³-hybridized carbons (Fsp3) is 0.500. The summed E-state index contributed by atoms with van der Waals surface area (Å²) in [7, 11) is 0. The van der Waals surface area contributed by atoms with Gasteiger partial charge in [0.05, 0.1) is 12.3 Å². The average Bonchev–Trinajstić information content (AvgIpc) is 2.77. The summed E-state index contributed by atoms with van der Waals surface area (Å²) in [6, 6.07) is 1.75. The molecule has 0 aliphatic carbocycles. The molecular weight excluding hydrogens is 230 g/mol. The lowest BCUT2D eigenvalue weighted by Gasteiger charge is -2.12. The Labute approximate surface area is 106 Å². The van der Waals surface area contributed by atoms with Crippen molar-refractivity contribution < 1.29 is 5.11 Å². The third kappa shape index (κ3) is 3.10. The second-order valence-corrected chi connectivity index (χ2v) is 4.65. The van der Waals surface area contributed by atoms with E-state index in [1.54, 1.807) is 18.5 Å². The Balaban J connectivity index is 2.08. The topological polar surface area (TPSA) is 76.7 Å². The number of nitrogens with zero attached hydrogens (tertiary/aromatic N) is 5. The fourth-order valence-corrected chi connectivity index (χ4v) is 1.73. The Morgan fingerprint density at radius 2 is 2.17 bits per heavy atom. The molecule has 6 nitrogen and oxygen atoms in total. The summed E-state index contributed by atoms with van der Waals surface area (Å²) in [6.45, 7) is 5.04. The van der Waals surface area contributed by atoms with Crippen molar-refractivity contribution in [1.82, 2.24) is 25.0 Å². The second-order valence-electron chi connectivity index (χ2n) is 4.65. The smallest absolute Gasteiger partial charge is 0.138 e. The Kier molecular flexibility index (Phi) is 3.99. The lowest BCUT2D eigenvalue weighted by molar-refractivity contribution is 0.173. The van der Waals surface area contributed by atoms with Gasteiger partial charge in [0.25, 0.3) is 0 Å². The normalized spacial score (nSPS) is 12.9. The van der Waals surface area contributed by atoms with Crippen LogP contribution in [0.2, 0.25) is 0 Å². The predicted molar refractivity (Wildman–Crippen MR) is 65.6 cm³/mol. The third-order valence-electron chi connectivity index (χ3n) is 2.60. The zero-order valence-electron chi connectivity index (χ0n) is 10.6. The van der Waals surface area contributed by atoms with E-state index in [0.717, 1.165) is 17.9 Å². The van der Waals surface area contributed by atoms with Crippen molar-refractivity contribution in [2.45, 2.75) is 32.9 Å². The molecule has 6 heteroatoms. The van der Waals surface area contributed by atoms with E-state index in [1.807, 2.05) is 4.68 Å². The number of aliphatic hydroxyl groups excluding tert-OH is 1. The number of aliphatic hydroxyl groups is 1. The molecule has 0 bridgehead atoms. The van der Waals surface area contributed by atoms with Gasteiger partial charge in [-0.25, -0.2) is 9.67 Å². The van der Waals surface area contributed by atoms with Gasteiger partial charge in [0.15, 0.2) is 0 Å². The highest BCUT2D eigenvalue weighted by Gasteiger charge is 2.14. The maximum Gasteiger partial charge on any atom is 0.138 e. The van der Waals surface area contributed by atoms with Gasteiger partial charge in [0.2, 0.25) is 0 Å². The molecule has 1 unspecified atom stereocenters. The summed E-state index contributed by atoms with van der Waals surface area (Å²) in [5, 5.41) is 21.7. The van der Waals surface area contributed by atoms with Gasteiger partial charge in [0, 0.05) is 24.7 Å². The fourth-order valence-electron chi connectivity index (χ4n) is 1.73. The minimum atomic E-state index is -0.629. The molecular formula is C12H17N5O. The predicted octanol–water partition coefficient (Wildman–Crippen LogP) is 1.00. The lowest BCUT2D eigenvalue weighted by atomic mass is 10.1. The van der Waals surface area contributed by atoms with E-state index in [4.69, 9.17) is 0 Å². The highest BCUT2D eigenvalue weighted by molar-refractivity contribution is 5.11. The molecule has 0 saturated heterocycles. The van der Waals surface area contributed by atoms with Crippen LogP contribution in [0.15, 0.2) is 24.8 Å². The first-order valence-electron chi connectivity index (χ1n) is 5.98. The standard InChI is InChI=1S/C12H17N5O/c1-9(2)7-17-12(13-8-16-17)5-11(18)10-3-4-14-15-6-10/h3-4,6,8-9,11,18H,5,7H2,1-2H3. The maximum atomic E-state index is 10.1. The number of hydrogen-bond donors (Lipinski definition) is 1. The van der Waals surface area contributed by atoms with E-state index in [1.165, 1.54) is 6.33 Å². The van der Waals surface area contributed by atoms with Crippen LogP contribution >= 0.6 is 0 Å². The van der Waals surface area contributed by atoms with Crippen LogP contribution in [0.3, 0.4) is 0 Å². The molecule has 0 aromatic carbocycles. The van der Waals surface area contributed by atoms with E-state index in [-0.39, 0.29) is 0 Å². The minimum absolute atomic E-state index is 0.429. The van der Waals surface area contributed by atoms with Crippen molar-refractivity contribution in [3.63, 3.8) is 0 Å². The van der Waals surface area contributed by atoms with Gasteiger partial charge in [-0.2, -0.15) is 15.3 Å². The van der Waals surface area contributed by atoms with Crippen molar-refractivity contribution in [2.24, 2.45) is 5.92 Å². The van der Waals surface area contributed by atoms with Gasteiger partial charge in [0.1, 0.15) is 12.2 Å². The molecule has 2 aromatic rings. The molecule has 0 spiro atoms. The number of aromatic nitrogens is 5. The van der Waals surface area contributed by atoms with Crippen molar-refractivity contribution in [3.8, 4) is 0 Å². The monoisotopic (exact) mass is 247 g/mol. The van der Waals surface area contributed by atoms with Gasteiger partial charge in [-0.3, -0.25) is 0 Å². The molecule has 0 aliphatic heterocycles. The zero-order chi connectivity index (χ0) is 13.0. The van der Waals surface area contributed by atoms with E-state index >= 15 is 0 Å². The molecule has 2 aromatic heterocycles. The average molecular weight is 247 g/mol. The van der Waals surface area contributed by atoms with Gasteiger partial charge < -0.3 is 5.11 Å². The Hall–Kier alpha value is -1.82. The molecule has 1 N–H and O–H groups in total. The Morgan fingerprint density at radius 3 is 2.83 bits per heavy atom. The van der Waals surface area contributed by atoms with Crippen molar-refractivity contribution in [3.05, 3.63) is 36.2 Å². The van der Waals surface area contributed by atoms with Crippen LogP contribution in [0, 0.1) is 5.92 Å². The summed E-state index contributed by atoms with van der Waals surface area (Å²) in [6.07, 6.45) is 4.45. The van der Waals surface area contributed by atoms with Crippen LogP contribution in [-0.4, -0.2) is 30.1 Å². The van der Waals surface area contributed by atoms with E-state index in [9.17, 15) is 5.11 Å². The molecule has 0 radical (unpaired) electrons. The lowest BCUT2D eigenvalue weighted by Crippen LogP contribution is -2.13. The number of rotatable bonds is 5. The van der Waals surface area contributed by atoms with Crippen molar-refractivity contribution >= 4 is 0 Å². The Morgan fingerprint density at radius 1 is 1.33 bits per heavy atom. The first-order chi connectivity index (χ1) is 8.66. The van der Waals surface area contributed by atoms with E-state index < -0.39 is 6.10 Å². The minimum Gasteiger partial charge on any atom is -0.388 e. The molecule has 2 rings (SSSR count). The van der Waals surface area contributed by atoms with Crippen LogP contribution in [0.25, 0.3) is 0 Å². The van der Waals surface area contributed by atoms with Crippen LogP contribution in [-0.2, 0) is 13.0 Å². The molecule has 0 amide bonds. The van der Waals surface area contributed by atoms with Crippen molar-refractivity contribution in [1.29, 1.82) is 0 Å². The first kappa shape index (κ1) is 12.6. The van der Waals surface area contributed by atoms with E-state index in [0.29, 0.717) is 12.3 Å². The third-order valence-corrected chi connectivity index (χ3v) is 2.60. The maximum absolute atomic E-state index is 10.1. The summed E-state index contributed by atoms with van der Waals surface area (Å²) < 4.78 is 1.84. The van der Waals surface area contributed by atoms with Crippen LogP contribution in [0.4, 0.5) is 0 Å². The molecule has 0 fully saturated rings. The molecule has 2 heterocycles. The summed E-state index contributed by atoms with van der Waals surface area (Å²) >= 11 is 0. The first-order valence-corrected chi connectivity index (χ1v) is 5.98. The molecule has 96 valence electrons.